The Balaban J connectivity index is 1.51. The molecule has 2 saturated heterocycles. The van der Waals surface area contributed by atoms with Gasteiger partial charge >= 0.3 is 11.9 Å². The van der Waals surface area contributed by atoms with Crippen LogP contribution < -0.4 is 4.74 Å². The molecule has 7 nitrogen and oxygen atoms in total. The Morgan fingerprint density at radius 1 is 1.21 bits per heavy atom. The predicted octanol–water partition coefficient (Wildman–Crippen LogP) is 2.20. The minimum Gasteiger partial charge on any atom is -0.486 e. The van der Waals surface area contributed by atoms with Crippen LogP contribution in [-0.4, -0.2) is 52.8 Å². The highest BCUT2D eigenvalue weighted by molar-refractivity contribution is 5.92. The summed E-state index contributed by atoms with van der Waals surface area (Å²) in [6, 6.07) is 9.72. The van der Waals surface area contributed by atoms with Gasteiger partial charge in [-0.05, 0) is 37.7 Å². The number of hydrogen-bond acceptors (Lipinski definition) is 7. The summed E-state index contributed by atoms with van der Waals surface area (Å²) in [5.74, 6) is -0.424. The Hall–Kier alpha value is -2.93. The minimum absolute atomic E-state index is 0.193. The van der Waals surface area contributed by atoms with Crippen molar-refractivity contribution in [1.29, 1.82) is 0 Å². The maximum atomic E-state index is 12.2. The fourth-order valence-corrected chi connectivity index (χ4v) is 4.62. The zero-order valence-electron chi connectivity index (χ0n) is 15.4. The van der Waals surface area contributed by atoms with E-state index in [0.717, 1.165) is 29.5 Å². The second-order valence-electron chi connectivity index (χ2n) is 7.51. The summed E-state index contributed by atoms with van der Waals surface area (Å²) >= 11 is 0. The molecule has 1 aromatic carbocycles. The molecule has 0 N–H and O–H groups in total. The highest BCUT2D eigenvalue weighted by atomic mass is 16.6. The van der Waals surface area contributed by atoms with Gasteiger partial charge in [0, 0.05) is 42.6 Å². The van der Waals surface area contributed by atoms with E-state index in [9.17, 15) is 9.59 Å². The molecule has 4 unspecified atom stereocenters. The third-order valence-corrected chi connectivity index (χ3v) is 6.01. The quantitative estimate of drug-likeness (QED) is 0.739. The van der Waals surface area contributed by atoms with Gasteiger partial charge in [0.25, 0.3) is 0 Å². The topological polar surface area (TPSA) is 78.0 Å². The SMILES string of the molecule is CN1C2CCC13OC(=O)/C=C/C(=O)OC3C(Oc1ccc3ncccc3c1)C2. The molecule has 4 atom stereocenters. The number of fused-ring (bicyclic) bond motifs is 2. The third kappa shape index (κ3) is 2.65. The number of rotatable bonds is 2. The van der Waals surface area contributed by atoms with Gasteiger partial charge in [-0.25, -0.2) is 9.59 Å². The number of aromatic nitrogens is 1. The Kier molecular flexibility index (Phi) is 3.87. The molecule has 1 spiro atoms. The van der Waals surface area contributed by atoms with E-state index in [-0.39, 0.29) is 6.04 Å². The zero-order chi connectivity index (χ0) is 19.3. The molecular weight excluding hydrogens is 360 g/mol. The van der Waals surface area contributed by atoms with Crippen LogP contribution in [0.5, 0.6) is 5.75 Å². The molecule has 1 aromatic heterocycles. The third-order valence-electron chi connectivity index (χ3n) is 6.01. The first-order chi connectivity index (χ1) is 13.5. The number of carbonyl (C=O) groups is 2. The maximum Gasteiger partial charge on any atom is 0.332 e. The van der Waals surface area contributed by atoms with E-state index in [2.05, 4.69) is 4.98 Å². The summed E-state index contributed by atoms with van der Waals surface area (Å²) in [5.41, 5.74) is -0.116. The Morgan fingerprint density at radius 2 is 2.07 bits per heavy atom. The summed E-state index contributed by atoms with van der Waals surface area (Å²) in [6.45, 7) is 0. The van der Waals surface area contributed by atoms with Gasteiger partial charge in [0.2, 0.25) is 5.72 Å². The average Bonchev–Trinajstić information content (AvgIpc) is 2.90. The number of esters is 2. The van der Waals surface area contributed by atoms with Gasteiger partial charge in [-0.15, -0.1) is 0 Å². The predicted molar refractivity (Wildman–Crippen MR) is 99.4 cm³/mol. The zero-order valence-corrected chi connectivity index (χ0v) is 15.4. The number of likely N-dealkylation sites (N-methyl/N-ethyl adjacent to an activating group) is 1. The number of nitrogens with zero attached hydrogens (tertiary/aromatic N) is 2. The van der Waals surface area contributed by atoms with Gasteiger partial charge < -0.3 is 14.2 Å². The van der Waals surface area contributed by atoms with Crippen LogP contribution in [0.2, 0.25) is 0 Å². The van der Waals surface area contributed by atoms with E-state index >= 15 is 0 Å². The normalized spacial score (nSPS) is 33.4. The molecule has 0 saturated carbocycles. The van der Waals surface area contributed by atoms with E-state index in [4.69, 9.17) is 14.2 Å². The molecular formula is C21H20N2O5. The van der Waals surface area contributed by atoms with Gasteiger partial charge in [-0.1, -0.05) is 6.07 Å². The van der Waals surface area contributed by atoms with Crippen LogP contribution in [0.15, 0.2) is 48.7 Å². The molecule has 0 aliphatic carbocycles. The summed E-state index contributed by atoms with van der Waals surface area (Å²) in [5, 5.41) is 0.967. The fraction of sp³-hybridized carbons (Fsp3) is 0.381. The van der Waals surface area contributed by atoms with Crippen LogP contribution in [0.1, 0.15) is 19.3 Å². The van der Waals surface area contributed by atoms with Crippen LogP contribution in [0.3, 0.4) is 0 Å². The van der Waals surface area contributed by atoms with Crippen molar-refractivity contribution in [2.45, 2.75) is 43.2 Å². The van der Waals surface area contributed by atoms with Crippen molar-refractivity contribution in [3.05, 3.63) is 48.7 Å². The van der Waals surface area contributed by atoms with Crippen molar-refractivity contribution in [2.75, 3.05) is 7.05 Å². The molecule has 3 aliphatic heterocycles. The highest BCUT2D eigenvalue weighted by Crippen LogP contribution is 2.47. The van der Waals surface area contributed by atoms with E-state index in [1.165, 1.54) is 0 Å². The van der Waals surface area contributed by atoms with Crippen molar-refractivity contribution in [3.63, 3.8) is 0 Å². The molecule has 2 fully saturated rings. The maximum absolute atomic E-state index is 12.2. The van der Waals surface area contributed by atoms with Crippen LogP contribution in [-0.2, 0) is 19.1 Å². The van der Waals surface area contributed by atoms with E-state index in [1.807, 2.05) is 42.3 Å². The largest absolute Gasteiger partial charge is 0.486 e. The fourth-order valence-electron chi connectivity index (χ4n) is 4.62. The molecule has 144 valence electrons. The van der Waals surface area contributed by atoms with Crippen LogP contribution in [0.25, 0.3) is 10.9 Å². The van der Waals surface area contributed by atoms with Crippen molar-refractivity contribution in [1.82, 2.24) is 9.88 Å². The summed E-state index contributed by atoms with van der Waals surface area (Å²) in [7, 11) is 1.91. The van der Waals surface area contributed by atoms with E-state index < -0.39 is 29.9 Å². The average molecular weight is 380 g/mol. The van der Waals surface area contributed by atoms with E-state index in [0.29, 0.717) is 18.6 Å². The number of pyridine rings is 1. The number of piperidine rings is 1. The Labute approximate surface area is 161 Å². The molecule has 0 amide bonds. The lowest BCUT2D eigenvalue weighted by Crippen LogP contribution is -2.66. The number of carbonyl (C=O) groups excluding carboxylic acids is 2. The van der Waals surface area contributed by atoms with Gasteiger partial charge in [0.15, 0.2) is 6.10 Å². The van der Waals surface area contributed by atoms with Crippen molar-refractivity contribution in [3.8, 4) is 5.75 Å². The monoisotopic (exact) mass is 380 g/mol. The summed E-state index contributed by atoms with van der Waals surface area (Å²) < 4.78 is 17.8. The lowest BCUT2D eigenvalue weighted by Gasteiger charge is -2.49. The molecule has 28 heavy (non-hydrogen) atoms. The molecule has 2 aromatic rings. The molecule has 7 heteroatoms. The smallest absolute Gasteiger partial charge is 0.332 e. The van der Waals surface area contributed by atoms with Gasteiger partial charge in [0.1, 0.15) is 11.9 Å². The van der Waals surface area contributed by atoms with Gasteiger partial charge in [0.05, 0.1) is 5.52 Å². The second-order valence-corrected chi connectivity index (χ2v) is 7.51. The van der Waals surface area contributed by atoms with E-state index in [1.54, 1.807) is 6.20 Å². The molecule has 0 radical (unpaired) electrons. The van der Waals surface area contributed by atoms with Crippen molar-refractivity contribution in [2.24, 2.45) is 0 Å². The first-order valence-corrected chi connectivity index (χ1v) is 9.41. The lowest BCUT2D eigenvalue weighted by molar-refractivity contribution is -0.239. The minimum atomic E-state index is -0.997. The molecule has 5 rings (SSSR count). The summed E-state index contributed by atoms with van der Waals surface area (Å²) in [4.78, 5) is 30.7. The van der Waals surface area contributed by atoms with Crippen LogP contribution >= 0.6 is 0 Å². The second kappa shape index (κ2) is 6.31. The van der Waals surface area contributed by atoms with Gasteiger partial charge in [-0.3, -0.25) is 9.88 Å². The molecule has 4 heterocycles. The number of hydrogen-bond donors (Lipinski definition) is 0. The Bertz CT molecular complexity index is 990. The molecule has 3 aliphatic rings. The van der Waals surface area contributed by atoms with Gasteiger partial charge in [-0.2, -0.15) is 0 Å². The number of benzene rings is 1. The lowest BCUT2D eigenvalue weighted by atomic mass is 9.93. The van der Waals surface area contributed by atoms with Crippen LogP contribution in [0.4, 0.5) is 0 Å². The standard InChI is InChI=1S/C21H20N2O5/c1-23-14-8-9-21(23)20(27-18(24)6-7-19(25)28-21)17(12-14)26-15-4-5-16-13(11-15)3-2-10-22-16/h2-7,10-11,14,17,20H,8-9,12H2,1H3/b7-6+. The highest BCUT2D eigenvalue weighted by Gasteiger charge is 2.62. The Morgan fingerprint density at radius 3 is 2.96 bits per heavy atom. The number of ether oxygens (including phenoxy) is 3. The first kappa shape index (κ1) is 17.2. The van der Waals surface area contributed by atoms with Crippen molar-refractivity contribution >= 4 is 22.8 Å². The van der Waals surface area contributed by atoms with Crippen LogP contribution in [0, 0.1) is 0 Å². The first-order valence-electron chi connectivity index (χ1n) is 9.41. The van der Waals surface area contributed by atoms with Crippen molar-refractivity contribution < 1.29 is 23.8 Å². The molecule has 2 bridgehead atoms. The summed E-state index contributed by atoms with van der Waals surface area (Å²) in [6.07, 6.45) is 4.99.